The van der Waals surface area contributed by atoms with Crippen LogP contribution in [0.15, 0.2) is 54.7 Å². The number of hydrogen-bond acceptors (Lipinski definition) is 3. The molecule has 0 aliphatic heterocycles. The van der Waals surface area contributed by atoms with E-state index in [0.29, 0.717) is 11.5 Å². The van der Waals surface area contributed by atoms with Crippen LogP contribution in [0.25, 0.3) is 10.9 Å². The Balaban J connectivity index is 1.31. The van der Waals surface area contributed by atoms with Crippen molar-refractivity contribution in [3.8, 4) is 0 Å². The number of aromatic amines is 1. The molecule has 4 heteroatoms. The predicted molar refractivity (Wildman–Crippen MR) is 110 cm³/mol. The summed E-state index contributed by atoms with van der Waals surface area (Å²) in [6.07, 6.45) is 8.35. The summed E-state index contributed by atoms with van der Waals surface area (Å²) in [5.41, 5.74) is 3.77. The van der Waals surface area contributed by atoms with Crippen molar-refractivity contribution in [2.24, 2.45) is 0 Å². The van der Waals surface area contributed by atoms with Gasteiger partial charge in [0, 0.05) is 22.7 Å². The molecule has 28 heavy (non-hydrogen) atoms. The van der Waals surface area contributed by atoms with Gasteiger partial charge in [-0.2, -0.15) is 0 Å². The molecule has 4 nitrogen and oxygen atoms in total. The zero-order valence-corrected chi connectivity index (χ0v) is 15.9. The zero-order chi connectivity index (χ0) is 19.3. The second kappa shape index (κ2) is 8.42. The van der Waals surface area contributed by atoms with E-state index in [1.807, 2.05) is 42.6 Å². The first-order valence-corrected chi connectivity index (χ1v) is 10.0. The summed E-state index contributed by atoms with van der Waals surface area (Å²) in [4.78, 5) is 27.7. The highest BCUT2D eigenvalue weighted by Gasteiger charge is 2.17. The Hall–Kier alpha value is -2.88. The Bertz CT molecular complexity index is 965. The van der Waals surface area contributed by atoms with Crippen molar-refractivity contribution in [3.05, 3.63) is 71.4 Å². The third-order valence-electron chi connectivity index (χ3n) is 5.68. The van der Waals surface area contributed by atoms with E-state index in [-0.39, 0.29) is 18.8 Å². The predicted octanol–water partition coefficient (Wildman–Crippen LogP) is 5.18. The molecule has 2 aromatic carbocycles. The number of aromatic nitrogens is 1. The molecule has 1 fully saturated rings. The first-order valence-electron chi connectivity index (χ1n) is 10.0. The van der Waals surface area contributed by atoms with Gasteiger partial charge in [-0.15, -0.1) is 0 Å². The van der Waals surface area contributed by atoms with Crippen molar-refractivity contribution in [2.75, 3.05) is 6.61 Å². The summed E-state index contributed by atoms with van der Waals surface area (Å²) >= 11 is 0. The standard InChI is InChI=1S/C24H25NO3/c26-23(19-12-10-18(11-13-19)17-6-2-1-3-7-17)16-28-24(27)14-20-15-25-22-9-5-4-8-21(20)22/h4-5,8-13,15,17,25H,1-3,6-7,14,16H2. The number of hydrogen-bond donors (Lipinski definition) is 1. The molecule has 1 saturated carbocycles. The zero-order valence-electron chi connectivity index (χ0n) is 15.9. The minimum Gasteiger partial charge on any atom is -0.457 e. The maximum absolute atomic E-state index is 12.4. The number of carbonyl (C=O) groups is 2. The molecule has 0 spiro atoms. The molecule has 1 aliphatic rings. The summed E-state index contributed by atoms with van der Waals surface area (Å²) in [5, 5.41) is 1.00. The fourth-order valence-electron chi connectivity index (χ4n) is 4.09. The highest BCUT2D eigenvalue weighted by atomic mass is 16.5. The Morgan fingerprint density at radius 3 is 2.50 bits per heavy atom. The largest absolute Gasteiger partial charge is 0.457 e. The minimum absolute atomic E-state index is 0.151. The number of benzene rings is 2. The Kier molecular flexibility index (Phi) is 5.56. The van der Waals surface area contributed by atoms with Crippen molar-refractivity contribution in [2.45, 2.75) is 44.4 Å². The topological polar surface area (TPSA) is 59.2 Å². The summed E-state index contributed by atoms with van der Waals surface area (Å²) in [6, 6.07) is 15.6. The molecule has 1 heterocycles. The molecule has 1 aromatic heterocycles. The van der Waals surface area contributed by atoms with Gasteiger partial charge in [-0.3, -0.25) is 9.59 Å². The van der Waals surface area contributed by atoms with Crippen LogP contribution in [0.1, 0.15) is 59.5 Å². The monoisotopic (exact) mass is 375 g/mol. The third kappa shape index (κ3) is 4.16. The van der Waals surface area contributed by atoms with Gasteiger partial charge < -0.3 is 9.72 Å². The highest BCUT2D eigenvalue weighted by molar-refractivity contribution is 5.98. The molecule has 1 N–H and O–H groups in total. The Morgan fingerprint density at radius 1 is 0.964 bits per heavy atom. The summed E-state index contributed by atoms with van der Waals surface area (Å²) < 4.78 is 5.22. The molecule has 1 aliphatic carbocycles. The lowest BCUT2D eigenvalue weighted by Gasteiger charge is -2.22. The summed E-state index contributed by atoms with van der Waals surface area (Å²) in [5.74, 6) is 0.0614. The van der Waals surface area contributed by atoms with Crippen LogP contribution in [0, 0.1) is 0 Å². The number of Topliss-reactive ketones (excluding diaryl/α,β-unsaturated/α-hetero) is 1. The number of para-hydroxylation sites is 1. The smallest absolute Gasteiger partial charge is 0.310 e. The lowest BCUT2D eigenvalue weighted by atomic mass is 9.84. The van der Waals surface area contributed by atoms with Gasteiger partial charge in [0.2, 0.25) is 0 Å². The van der Waals surface area contributed by atoms with E-state index in [9.17, 15) is 9.59 Å². The molecule has 0 amide bonds. The molecular formula is C24H25NO3. The van der Waals surface area contributed by atoms with Gasteiger partial charge >= 0.3 is 5.97 Å². The fourth-order valence-corrected chi connectivity index (χ4v) is 4.09. The number of esters is 1. The first kappa shape index (κ1) is 18.5. The molecule has 4 rings (SSSR count). The number of nitrogens with one attached hydrogen (secondary N) is 1. The second-order valence-corrected chi connectivity index (χ2v) is 7.58. The van der Waals surface area contributed by atoms with Crippen molar-refractivity contribution >= 4 is 22.7 Å². The van der Waals surface area contributed by atoms with Gasteiger partial charge in [-0.05, 0) is 36.0 Å². The fraction of sp³-hybridized carbons (Fsp3) is 0.333. The van der Waals surface area contributed by atoms with E-state index in [4.69, 9.17) is 4.74 Å². The maximum atomic E-state index is 12.4. The van der Waals surface area contributed by atoms with Crippen molar-refractivity contribution in [1.82, 2.24) is 4.98 Å². The Morgan fingerprint density at radius 2 is 1.71 bits per heavy atom. The van der Waals surface area contributed by atoms with E-state index in [1.165, 1.54) is 37.7 Å². The van der Waals surface area contributed by atoms with E-state index < -0.39 is 5.97 Å². The molecule has 0 unspecified atom stereocenters. The summed E-state index contributed by atoms with van der Waals surface area (Å²) in [7, 11) is 0. The number of ether oxygens (including phenoxy) is 1. The average molecular weight is 375 g/mol. The molecule has 3 aromatic rings. The van der Waals surface area contributed by atoms with E-state index in [2.05, 4.69) is 17.1 Å². The SMILES string of the molecule is O=C(Cc1c[nH]c2ccccc12)OCC(=O)c1ccc(C2CCCCC2)cc1. The number of fused-ring (bicyclic) bond motifs is 1. The van der Waals surface area contributed by atoms with Crippen molar-refractivity contribution < 1.29 is 14.3 Å². The molecule has 144 valence electrons. The molecule has 0 saturated heterocycles. The maximum Gasteiger partial charge on any atom is 0.310 e. The van der Waals surface area contributed by atoms with Crippen LogP contribution in [0.5, 0.6) is 0 Å². The van der Waals surface area contributed by atoms with Crippen molar-refractivity contribution in [1.29, 1.82) is 0 Å². The third-order valence-corrected chi connectivity index (χ3v) is 5.68. The van der Waals surface area contributed by atoms with Crippen LogP contribution in [0.4, 0.5) is 0 Å². The van der Waals surface area contributed by atoms with Gasteiger partial charge in [0.25, 0.3) is 0 Å². The van der Waals surface area contributed by atoms with Crippen LogP contribution >= 0.6 is 0 Å². The van der Waals surface area contributed by atoms with E-state index in [1.54, 1.807) is 0 Å². The number of carbonyl (C=O) groups excluding carboxylic acids is 2. The van der Waals surface area contributed by atoms with Gasteiger partial charge in [-0.25, -0.2) is 0 Å². The molecule has 0 radical (unpaired) electrons. The number of ketones is 1. The second-order valence-electron chi connectivity index (χ2n) is 7.58. The highest BCUT2D eigenvalue weighted by Crippen LogP contribution is 2.32. The van der Waals surface area contributed by atoms with Crippen LogP contribution in [-0.4, -0.2) is 23.3 Å². The van der Waals surface area contributed by atoms with Crippen LogP contribution in [0.3, 0.4) is 0 Å². The molecule has 0 atom stereocenters. The first-order chi connectivity index (χ1) is 13.7. The van der Waals surface area contributed by atoms with E-state index >= 15 is 0 Å². The van der Waals surface area contributed by atoms with Gasteiger partial charge in [0.1, 0.15) is 0 Å². The number of H-pyrrole nitrogens is 1. The van der Waals surface area contributed by atoms with Crippen LogP contribution in [-0.2, 0) is 16.0 Å². The van der Waals surface area contributed by atoms with Crippen LogP contribution in [0.2, 0.25) is 0 Å². The molecular weight excluding hydrogens is 350 g/mol. The lowest BCUT2D eigenvalue weighted by molar-refractivity contribution is -0.141. The van der Waals surface area contributed by atoms with Gasteiger partial charge in [0.05, 0.1) is 6.42 Å². The van der Waals surface area contributed by atoms with E-state index in [0.717, 1.165) is 16.5 Å². The van der Waals surface area contributed by atoms with Gasteiger partial charge in [0.15, 0.2) is 12.4 Å². The number of rotatable bonds is 6. The average Bonchev–Trinajstić information content (AvgIpc) is 3.15. The summed E-state index contributed by atoms with van der Waals surface area (Å²) in [6.45, 7) is -0.218. The normalized spacial score (nSPS) is 14.9. The van der Waals surface area contributed by atoms with Crippen molar-refractivity contribution in [3.63, 3.8) is 0 Å². The quantitative estimate of drug-likeness (QED) is 0.477. The minimum atomic E-state index is -0.392. The van der Waals surface area contributed by atoms with Gasteiger partial charge in [-0.1, -0.05) is 61.7 Å². The van der Waals surface area contributed by atoms with Crippen LogP contribution < -0.4 is 0 Å². The molecule has 0 bridgehead atoms. The Labute approximate surface area is 164 Å². The lowest BCUT2D eigenvalue weighted by Crippen LogP contribution is -2.15.